The molecule has 7 nitrogen and oxygen atoms in total. The number of carbonyl (C=O) groups is 2. The van der Waals surface area contributed by atoms with Crippen molar-refractivity contribution >= 4 is 73.9 Å². The van der Waals surface area contributed by atoms with E-state index in [1.807, 2.05) is 51.1 Å². The molecule has 3 rings (SSSR count). The SMILES string of the molecule is CC(C)(C)NC(=O)C(Cc1ccccc1)N(Cc1ccc(Cl)cc1Cl)C(=O)CN(c1ccc(Cl)c(Cl)c1)S(C)(=O)=O. The number of halogens is 4. The number of amides is 2. The third-order valence-corrected chi connectivity index (χ3v) is 8.46. The molecule has 0 bridgehead atoms. The third-order valence-electron chi connectivity index (χ3n) is 6.00. The van der Waals surface area contributed by atoms with E-state index >= 15 is 0 Å². The van der Waals surface area contributed by atoms with E-state index in [1.54, 1.807) is 18.2 Å². The van der Waals surface area contributed by atoms with Crippen molar-refractivity contribution in [2.24, 2.45) is 0 Å². The van der Waals surface area contributed by atoms with Crippen LogP contribution < -0.4 is 9.62 Å². The lowest BCUT2D eigenvalue weighted by molar-refractivity contribution is -0.140. The van der Waals surface area contributed by atoms with Crippen molar-refractivity contribution < 1.29 is 18.0 Å². The van der Waals surface area contributed by atoms with E-state index in [0.717, 1.165) is 16.1 Å². The maximum Gasteiger partial charge on any atom is 0.244 e. The first-order chi connectivity index (χ1) is 19.0. The average Bonchev–Trinajstić information content (AvgIpc) is 2.86. The normalized spacial score (nSPS) is 12.5. The van der Waals surface area contributed by atoms with Crippen molar-refractivity contribution in [1.29, 1.82) is 0 Å². The smallest absolute Gasteiger partial charge is 0.244 e. The number of hydrogen-bond donors (Lipinski definition) is 1. The summed E-state index contributed by atoms with van der Waals surface area (Å²) in [5, 5.41) is 4.03. The van der Waals surface area contributed by atoms with Crippen molar-refractivity contribution in [3.8, 4) is 0 Å². The molecule has 1 unspecified atom stereocenters. The lowest BCUT2D eigenvalue weighted by atomic mass is 10.0. The summed E-state index contributed by atoms with van der Waals surface area (Å²) in [6.07, 6.45) is 1.16. The molecule has 0 radical (unpaired) electrons. The number of nitrogens with zero attached hydrogens (tertiary/aromatic N) is 2. The molecule has 41 heavy (non-hydrogen) atoms. The predicted octanol–water partition coefficient (Wildman–Crippen LogP) is 6.62. The van der Waals surface area contributed by atoms with Gasteiger partial charge in [-0.1, -0.05) is 82.8 Å². The van der Waals surface area contributed by atoms with Crippen LogP contribution in [0.15, 0.2) is 66.7 Å². The second-order valence-corrected chi connectivity index (χ2v) is 14.1. The summed E-state index contributed by atoms with van der Waals surface area (Å²) in [6.45, 7) is 4.83. The number of anilines is 1. The Bertz CT molecular complexity index is 1510. The molecule has 0 saturated heterocycles. The molecule has 0 aliphatic heterocycles. The highest BCUT2D eigenvalue weighted by molar-refractivity contribution is 7.92. The summed E-state index contributed by atoms with van der Waals surface area (Å²) in [5.74, 6) is -1.03. The number of benzene rings is 3. The minimum Gasteiger partial charge on any atom is -0.350 e. The first-order valence-electron chi connectivity index (χ1n) is 12.6. The highest BCUT2D eigenvalue weighted by atomic mass is 35.5. The molecule has 3 aromatic carbocycles. The Balaban J connectivity index is 2.11. The second-order valence-electron chi connectivity index (χ2n) is 10.6. The predicted molar refractivity (Wildman–Crippen MR) is 167 cm³/mol. The molecule has 0 aliphatic carbocycles. The fourth-order valence-electron chi connectivity index (χ4n) is 4.09. The van der Waals surface area contributed by atoms with Crippen LogP contribution in [0.5, 0.6) is 0 Å². The maximum absolute atomic E-state index is 14.1. The van der Waals surface area contributed by atoms with E-state index in [0.29, 0.717) is 15.6 Å². The van der Waals surface area contributed by atoms with Crippen LogP contribution in [0.4, 0.5) is 5.69 Å². The van der Waals surface area contributed by atoms with Gasteiger partial charge in [0.15, 0.2) is 0 Å². The fourth-order valence-corrected chi connectivity index (χ4v) is 5.70. The minimum atomic E-state index is -3.96. The molecule has 3 aromatic rings. The van der Waals surface area contributed by atoms with E-state index in [9.17, 15) is 18.0 Å². The monoisotopic (exact) mass is 657 g/mol. The highest BCUT2D eigenvalue weighted by Crippen LogP contribution is 2.29. The summed E-state index contributed by atoms with van der Waals surface area (Å²) in [5.41, 5.74) is 0.897. The molecule has 0 fully saturated rings. The van der Waals surface area contributed by atoms with Crippen molar-refractivity contribution in [1.82, 2.24) is 10.2 Å². The molecule has 0 aliphatic rings. The van der Waals surface area contributed by atoms with E-state index in [1.165, 1.54) is 23.1 Å². The number of nitrogens with one attached hydrogen (secondary N) is 1. The van der Waals surface area contributed by atoms with E-state index in [4.69, 9.17) is 46.4 Å². The number of carbonyl (C=O) groups excluding carboxylic acids is 2. The van der Waals surface area contributed by atoms with Gasteiger partial charge in [0.2, 0.25) is 21.8 Å². The molecule has 1 N–H and O–H groups in total. The summed E-state index contributed by atoms with van der Waals surface area (Å²) < 4.78 is 26.7. The fraction of sp³-hybridized carbons (Fsp3) is 0.310. The largest absolute Gasteiger partial charge is 0.350 e. The van der Waals surface area contributed by atoms with Gasteiger partial charge in [0.05, 0.1) is 22.0 Å². The van der Waals surface area contributed by atoms with Gasteiger partial charge < -0.3 is 10.2 Å². The van der Waals surface area contributed by atoms with Gasteiger partial charge in [0.25, 0.3) is 0 Å². The highest BCUT2D eigenvalue weighted by Gasteiger charge is 2.34. The summed E-state index contributed by atoms with van der Waals surface area (Å²) in [4.78, 5) is 29.2. The Labute approximate surface area is 261 Å². The Kier molecular flexibility index (Phi) is 11.0. The molecule has 220 valence electrons. The zero-order chi connectivity index (χ0) is 30.5. The summed E-state index contributed by atoms with van der Waals surface area (Å²) >= 11 is 24.8. The Hall–Kier alpha value is -2.49. The number of rotatable bonds is 10. The zero-order valence-corrected chi connectivity index (χ0v) is 26.8. The molecule has 0 heterocycles. The molecule has 2 amide bonds. The summed E-state index contributed by atoms with van der Waals surface area (Å²) in [6, 6.07) is 17.3. The topological polar surface area (TPSA) is 86.8 Å². The molecule has 0 aromatic heterocycles. The van der Waals surface area contributed by atoms with Crippen molar-refractivity contribution in [2.75, 3.05) is 17.1 Å². The lowest BCUT2D eigenvalue weighted by Crippen LogP contribution is -2.56. The second kappa shape index (κ2) is 13.7. The first-order valence-corrected chi connectivity index (χ1v) is 15.9. The van der Waals surface area contributed by atoms with Crippen LogP contribution >= 0.6 is 46.4 Å². The van der Waals surface area contributed by atoms with Crippen LogP contribution in [-0.2, 0) is 32.6 Å². The first kappa shape index (κ1) is 33.0. The van der Waals surface area contributed by atoms with Gasteiger partial charge in [0.1, 0.15) is 12.6 Å². The Morgan fingerprint density at radius 2 is 1.54 bits per heavy atom. The van der Waals surface area contributed by atoms with Crippen molar-refractivity contribution in [3.05, 3.63) is 97.9 Å². The van der Waals surface area contributed by atoms with Crippen molar-refractivity contribution in [3.63, 3.8) is 0 Å². The Morgan fingerprint density at radius 1 is 0.878 bits per heavy atom. The molecule has 12 heteroatoms. The molecule has 0 saturated carbocycles. The van der Waals surface area contributed by atoms with Gasteiger partial charge in [-0.25, -0.2) is 8.42 Å². The van der Waals surface area contributed by atoms with Gasteiger partial charge in [-0.05, 0) is 62.2 Å². The Morgan fingerprint density at radius 3 is 2.10 bits per heavy atom. The van der Waals surface area contributed by atoms with Gasteiger partial charge >= 0.3 is 0 Å². The van der Waals surface area contributed by atoms with Crippen LogP contribution in [0, 0.1) is 0 Å². The number of hydrogen-bond acceptors (Lipinski definition) is 4. The summed E-state index contributed by atoms with van der Waals surface area (Å²) in [7, 11) is -3.96. The molecule has 1 atom stereocenters. The molecular weight excluding hydrogens is 628 g/mol. The lowest BCUT2D eigenvalue weighted by Gasteiger charge is -2.35. The van der Waals surface area contributed by atoms with Crippen LogP contribution in [0.1, 0.15) is 31.9 Å². The van der Waals surface area contributed by atoms with Crippen LogP contribution in [0.2, 0.25) is 20.1 Å². The quantitative estimate of drug-likeness (QED) is 0.265. The molecular formula is C29H31Cl4N3O4S. The van der Waals surface area contributed by atoms with Crippen LogP contribution in [0.25, 0.3) is 0 Å². The van der Waals surface area contributed by atoms with Crippen LogP contribution in [0.3, 0.4) is 0 Å². The van der Waals surface area contributed by atoms with Crippen molar-refractivity contribution in [2.45, 2.75) is 45.3 Å². The van der Waals surface area contributed by atoms with E-state index in [2.05, 4.69) is 5.32 Å². The van der Waals surface area contributed by atoms with Gasteiger partial charge in [-0.15, -0.1) is 0 Å². The van der Waals surface area contributed by atoms with Gasteiger partial charge in [-0.2, -0.15) is 0 Å². The van der Waals surface area contributed by atoms with Gasteiger partial charge in [-0.3, -0.25) is 13.9 Å². The standard InChI is InChI=1S/C29H31Cl4N3O4S/c1-29(2,3)34-28(38)26(14-19-8-6-5-7-9-19)35(17-20-10-11-21(30)15-24(20)32)27(37)18-36(41(4,39)40)22-12-13-23(31)25(33)16-22/h5-13,15-16,26H,14,17-18H2,1-4H3,(H,34,38). The van der Waals surface area contributed by atoms with E-state index in [-0.39, 0.29) is 28.7 Å². The maximum atomic E-state index is 14.1. The average molecular weight is 659 g/mol. The zero-order valence-electron chi connectivity index (χ0n) is 23.0. The number of sulfonamides is 1. The van der Waals surface area contributed by atoms with Crippen LogP contribution in [-0.4, -0.2) is 49.5 Å². The molecule has 0 spiro atoms. The van der Waals surface area contributed by atoms with Gasteiger partial charge in [0, 0.05) is 28.5 Å². The van der Waals surface area contributed by atoms with E-state index < -0.39 is 40.0 Å². The minimum absolute atomic E-state index is 0.0805. The third kappa shape index (κ3) is 9.51.